The molecule has 0 aromatic heterocycles. The topological polar surface area (TPSA) is 92.5 Å². The molecule has 8 heteroatoms. The summed E-state index contributed by atoms with van der Waals surface area (Å²) in [6.45, 7) is 8.34. The first-order valence-corrected chi connectivity index (χ1v) is 10.8. The number of rotatable bonds is 7. The lowest BCUT2D eigenvalue weighted by molar-refractivity contribution is -0.117. The molecule has 2 rings (SSSR count). The lowest BCUT2D eigenvalue weighted by Crippen LogP contribution is -2.37. The predicted octanol–water partition coefficient (Wildman–Crippen LogP) is 3.45. The quantitative estimate of drug-likeness (QED) is 0.713. The van der Waals surface area contributed by atoms with Crippen LogP contribution in [-0.2, 0) is 21.4 Å². The Morgan fingerprint density at radius 1 is 1.21 bits per heavy atom. The van der Waals surface area contributed by atoms with Crippen LogP contribution in [0.15, 0.2) is 41.3 Å². The molecule has 0 saturated carbocycles. The van der Waals surface area contributed by atoms with Gasteiger partial charge in [0.2, 0.25) is 15.9 Å². The van der Waals surface area contributed by atoms with Crippen LogP contribution in [0.3, 0.4) is 0 Å². The number of nitrogens with one attached hydrogen (secondary N) is 1. The first kappa shape index (κ1) is 22.4. The van der Waals surface area contributed by atoms with Gasteiger partial charge in [0, 0.05) is 23.3 Å². The number of primary sulfonamides is 1. The average molecular weight is 424 g/mol. The molecule has 0 heterocycles. The van der Waals surface area contributed by atoms with Crippen molar-refractivity contribution in [2.45, 2.75) is 45.2 Å². The number of aryl methyl sites for hydroxylation is 1. The normalized spacial score (nSPS) is 11.9. The molecule has 0 unspecified atom stereocenters. The number of carbonyl (C=O) groups is 1. The third-order valence-corrected chi connectivity index (χ3v) is 5.72. The Bertz CT molecular complexity index is 975. The summed E-state index contributed by atoms with van der Waals surface area (Å²) in [7, 11) is -3.86. The Kier molecular flexibility index (Phi) is 7.22. The first-order valence-electron chi connectivity index (χ1n) is 8.89. The molecule has 6 nitrogen and oxygen atoms in total. The number of hydrogen-bond acceptors (Lipinski definition) is 4. The number of amides is 1. The molecule has 0 atom stereocenters. The van der Waals surface area contributed by atoms with Gasteiger partial charge in [0.05, 0.1) is 11.4 Å². The molecule has 0 spiro atoms. The number of carbonyl (C=O) groups excluding carboxylic acids is 1. The van der Waals surface area contributed by atoms with Crippen LogP contribution in [0.5, 0.6) is 0 Å². The summed E-state index contributed by atoms with van der Waals surface area (Å²) >= 11 is 6.05. The minimum absolute atomic E-state index is 0.0226. The maximum Gasteiger partial charge on any atom is 0.238 e. The van der Waals surface area contributed by atoms with Crippen molar-refractivity contribution in [3.05, 3.63) is 58.1 Å². The summed E-state index contributed by atoms with van der Waals surface area (Å²) < 4.78 is 23.4. The van der Waals surface area contributed by atoms with Crippen LogP contribution in [0.4, 0.5) is 5.69 Å². The van der Waals surface area contributed by atoms with E-state index in [1.54, 1.807) is 13.0 Å². The van der Waals surface area contributed by atoms with Gasteiger partial charge in [-0.2, -0.15) is 0 Å². The Labute approximate surface area is 171 Å². The summed E-state index contributed by atoms with van der Waals surface area (Å²) in [5, 5.41) is 8.70. The highest BCUT2D eigenvalue weighted by molar-refractivity contribution is 7.89. The van der Waals surface area contributed by atoms with Gasteiger partial charge in [0.1, 0.15) is 0 Å². The summed E-state index contributed by atoms with van der Waals surface area (Å²) in [5.74, 6) is -0.232. The van der Waals surface area contributed by atoms with Crippen LogP contribution in [0, 0.1) is 13.8 Å². The zero-order valence-electron chi connectivity index (χ0n) is 16.5. The summed E-state index contributed by atoms with van der Waals surface area (Å²) in [4.78, 5) is 14.6. The number of nitrogens with two attached hydrogens (primary N) is 1. The molecule has 0 saturated heterocycles. The molecule has 0 aliphatic carbocycles. The standard InChI is InChI=1S/C20H26ClN3O3S/c1-13(2)24(11-16-6-5-7-17(21)9-16)12-20(25)23-19-10-18(28(22,26)27)8-14(3)15(19)4/h5-10,13H,11-12H2,1-4H3,(H,23,25)(H2,22,26,27). The highest BCUT2D eigenvalue weighted by Gasteiger charge is 2.18. The van der Waals surface area contributed by atoms with Crippen LogP contribution >= 0.6 is 11.6 Å². The molecule has 0 radical (unpaired) electrons. The molecule has 0 aliphatic rings. The number of benzene rings is 2. The zero-order valence-corrected chi connectivity index (χ0v) is 18.1. The molecule has 1 amide bonds. The van der Waals surface area contributed by atoms with E-state index in [2.05, 4.69) is 5.32 Å². The fourth-order valence-corrected chi connectivity index (χ4v) is 3.62. The van der Waals surface area contributed by atoms with Gasteiger partial charge < -0.3 is 5.32 Å². The van der Waals surface area contributed by atoms with Crippen molar-refractivity contribution in [3.63, 3.8) is 0 Å². The van der Waals surface area contributed by atoms with E-state index in [4.69, 9.17) is 16.7 Å². The van der Waals surface area contributed by atoms with Gasteiger partial charge in [-0.3, -0.25) is 9.69 Å². The number of halogens is 1. The van der Waals surface area contributed by atoms with Gasteiger partial charge in [-0.15, -0.1) is 0 Å². The smallest absolute Gasteiger partial charge is 0.238 e. The van der Waals surface area contributed by atoms with E-state index >= 15 is 0 Å². The fourth-order valence-electron chi connectivity index (χ4n) is 2.79. The molecule has 0 bridgehead atoms. The van der Waals surface area contributed by atoms with Crippen molar-refractivity contribution in [1.82, 2.24) is 4.90 Å². The highest BCUT2D eigenvalue weighted by atomic mass is 35.5. The number of sulfonamides is 1. The Balaban J connectivity index is 2.18. The summed E-state index contributed by atoms with van der Waals surface area (Å²) in [6.07, 6.45) is 0. The van der Waals surface area contributed by atoms with Gasteiger partial charge in [-0.05, 0) is 68.7 Å². The summed E-state index contributed by atoms with van der Waals surface area (Å²) in [5.41, 5.74) is 2.99. The average Bonchev–Trinajstić information content (AvgIpc) is 2.57. The van der Waals surface area contributed by atoms with E-state index in [0.717, 1.165) is 16.7 Å². The predicted molar refractivity (Wildman–Crippen MR) is 113 cm³/mol. The van der Waals surface area contributed by atoms with Crippen LogP contribution < -0.4 is 10.5 Å². The van der Waals surface area contributed by atoms with Crippen molar-refractivity contribution >= 4 is 33.2 Å². The molecule has 152 valence electrons. The maximum atomic E-state index is 12.6. The number of anilines is 1. The third-order valence-electron chi connectivity index (χ3n) is 4.60. The van der Waals surface area contributed by atoms with Crippen molar-refractivity contribution in [2.24, 2.45) is 5.14 Å². The SMILES string of the molecule is Cc1cc(S(N)(=O)=O)cc(NC(=O)CN(Cc2cccc(Cl)c2)C(C)C)c1C. The Morgan fingerprint density at radius 3 is 2.46 bits per heavy atom. The third kappa shape index (κ3) is 6.04. The van der Waals surface area contributed by atoms with Crippen molar-refractivity contribution in [3.8, 4) is 0 Å². The van der Waals surface area contributed by atoms with Gasteiger partial charge in [-0.25, -0.2) is 13.6 Å². The monoisotopic (exact) mass is 423 g/mol. The largest absolute Gasteiger partial charge is 0.325 e. The van der Waals surface area contributed by atoms with Crippen LogP contribution in [0.25, 0.3) is 0 Å². The molecule has 3 N–H and O–H groups in total. The van der Waals surface area contributed by atoms with Crippen molar-refractivity contribution in [1.29, 1.82) is 0 Å². The van der Waals surface area contributed by atoms with Gasteiger partial charge in [-0.1, -0.05) is 23.7 Å². The Morgan fingerprint density at radius 2 is 1.89 bits per heavy atom. The van der Waals surface area contributed by atoms with Gasteiger partial charge in [0.15, 0.2) is 0 Å². The van der Waals surface area contributed by atoms with E-state index in [1.807, 2.05) is 43.9 Å². The second-order valence-electron chi connectivity index (χ2n) is 7.13. The minimum Gasteiger partial charge on any atom is -0.325 e. The number of nitrogens with zero attached hydrogens (tertiary/aromatic N) is 1. The second-order valence-corrected chi connectivity index (χ2v) is 9.13. The molecular weight excluding hydrogens is 398 g/mol. The fraction of sp³-hybridized carbons (Fsp3) is 0.350. The zero-order chi connectivity index (χ0) is 21.1. The highest BCUT2D eigenvalue weighted by Crippen LogP contribution is 2.23. The van der Waals surface area contributed by atoms with Crippen molar-refractivity contribution < 1.29 is 13.2 Å². The van der Waals surface area contributed by atoms with Crippen LogP contribution in [0.2, 0.25) is 5.02 Å². The van der Waals surface area contributed by atoms with E-state index in [-0.39, 0.29) is 23.4 Å². The minimum atomic E-state index is -3.86. The van der Waals surface area contributed by atoms with E-state index in [9.17, 15) is 13.2 Å². The van der Waals surface area contributed by atoms with Gasteiger partial charge >= 0.3 is 0 Å². The van der Waals surface area contributed by atoms with E-state index in [0.29, 0.717) is 17.3 Å². The molecule has 28 heavy (non-hydrogen) atoms. The molecule has 2 aromatic carbocycles. The number of hydrogen-bond donors (Lipinski definition) is 2. The van der Waals surface area contributed by atoms with Crippen LogP contribution in [0.1, 0.15) is 30.5 Å². The summed E-state index contributed by atoms with van der Waals surface area (Å²) in [6, 6.07) is 10.5. The second kappa shape index (κ2) is 9.05. The lowest BCUT2D eigenvalue weighted by Gasteiger charge is -2.26. The molecule has 2 aromatic rings. The maximum absolute atomic E-state index is 12.6. The Hall–Kier alpha value is -1.93. The van der Waals surface area contributed by atoms with Crippen LogP contribution in [-0.4, -0.2) is 31.8 Å². The molecular formula is C20H26ClN3O3S. The lowest BCUT2D eigenvalue weighted by atomic mass is 10.1. The molecule has 0 aliphatic heterocycles. The van der Waals surface area contributed by atoms with E-state index in [1.165, 1.54) is 12.1 Å². The van der Waals surface area contributed by atoms with Crippen molar-refractivity contribution in [2.75, 3.05) is 11.9 Å². The van der Waals surface area contributed by atoms with Gasteiger partial charge in [0.25, 0.3) is 0 Å². The van der Waals surface area contributed by atoms with E-state index < -0.39 is 10.0 Å². The molecule has 0 fully saturated rings. The first-order chi connectivity index (χ1) is 13.0.